The fourth-order valence-electron chi connectivity index (χ4n) is 2.24. The van der Waals surface area contributed by atoms with Crippen LogP contribution >= 0.6 is 23.2 Å². The van der Waals surface area contributed by atoms with Gasteiger partial charge in [-0.15, -0.1) is 0 Å². The Bertz CT molecular complexity index is 423. The summed E-state index contributed by atoms with van der Waals surface area (Å²) in [7, 11) is 0. The van der Waals surface area contributed by atoms with Crippen LogP contribution in [0, 0.1) is 0 Å². The monoisotopic (exact) mass is 332 g/mol. The Balaban J connectivity index is 2.47. The van der Waals surface area contributed by atoms with Gasteiger partial charge in [0.25, 0.3) is 0 Å². The molecular weight excluding hydrogens is 307 g/mol. The Labute approximate surface area is 138 Å². The van der Waals surface area contributed by atoms with Crippen molar-refractivity contribution < 1.29 is 4.74 Å². The van der Waals surface area contributed by atoms with Crippen molar-refractivity contribution in [2.24, 2.45) is 0 Å². The van der Waals surface area contributed by atoms with E-state index in [1.54, 1.807) is 6.07 Å². The van der Waals surface area contributed by atoms with Crippen LogP contribution in [0.4, 0.5) is 0 Å². The summed E-state index contributed by atoms with van der Waals surface area (Å²) in [5.74, 6) is 0.736. The summed E-state index contributed by atoms with van der Waals surface area (Å²) in [6.07, 6.45) is 1.12. The van der Waals surface area contributed by atoms with Crippen LogP contribution in [-0.4, -0.2) is 37.7 Å². The van der Waals surface area contributed by atoms with Gasteiger partial charge in [0, 0.05) is 17.1 Å². The van der Waals surface area contributed by atoms with Crippen LogP contribution < -0.4 is 10.1 Å². The molecular formula is C16H26Cl2N2O. The molecule has 1 N–H and O–H groups in total. The summed E-state index contributed by atoms with van der Waals surface area (Å²) in [6, 6.07) is 3.63. The summed E-state index contributed by atoms with van der Waals surface area (Å²) < 4.78 is 5.61. The molecule has 0 aliphatic carbocycles. The predicted molar refractivity (Wildman–Crippen MR) is 91.7 cm³/mol. The van der Waals surface area contributed by atoms with Crippen LogP contribution in [0.15, 0.2) is 12.1 Å². The van der Waals surface area contributed by atoms with Gasteiger partial charge in [-0.3, -0.25) is 0 Å². The zero-order valence-electron chi connectivity index (χ0n) is 13.2. The lowest BCUT2D eigenvalue weighted by molar-refractivity contribution is 0.297. The van der Waals surface area contributed by atoms with Gasteiger partial charge in [-0.05, 0) is 51.7 Å². The first kappa shape index (κ1) is 18.6. The fourth-order valence-corrected chi connectivity index (χ4v) is 2.83. The standard InChI is InChI=1S/C16H26Cl2N2O/c1-4-20(5-2)9-7-8-19-12-13-10-14(17)11-15(18)16(13)21-6-3/h10-11,19H,4-9,12H2,1-3H3. The van der Waals surface area contributed by atoms with Crippen molar-refractivity contribution in [3.05, 3.63) is 27.7 Å². The maximum absolute atomic E-state index is 6.19. The van der Waals surface area contributed by atoms with Crippen molar-refractivity contribution in [1.29, 1.82) is 0 Å². The quantitative estimate of drug-likeness (QED) is 0.649. The van der Waals surface area contributed by atoms with Crippen molar-refractivity contribution in [3.63, 3.8) is 0 Å². The second kappa shape index (κ2) is 10.3. The van der Waals surface area contributed by atoms with Gasteiger partial charge in [-0.25, -0.2) is 0 Å². The van der Waals surface area contributed by atoms with Gasteiger partial charge in [0.1, 0.15) is 5.75 Å². The van der Waals surface area contributed by atoms with Crippen molar-refractivity contribution in [1.82, 2.24) is 10.2 Å². The average molecular weight is 333 g/mol. The molecule has 1 aromatic rings. The minimum Gasteiger partial charge on any atom is -0.492 e. The van der Waals surface area contributed by atoms with E-state index in [1.165, 1.54) is 0 Å². The third kappa shape index (κ3) is 6.43. The molecule has 1 aromatic carbocycles. The second-order valence-electron chi connectivity index (χ2n) is 4.87. The van der Waals surface area contributed by atoms with E-state index in [-0.39, 0.29) is 0 Å². The molecule has 0 bridgehead atoms. The number of hydrogen-bond donors (Lipinski definition) is 1. The van der Waals surface area contributed by atoms with E-state index in [0.717, 1.165) is 43.9 Å². The van der Waals surface area contributed by atoms with Gasteiger partial charge < -0.3 is 15.0 Å². The van der Waals surface area contributed by atoms with Gasteiger partial charge in [0.15, 0.2) is 0 Å². The largest absolute Gasteiger partial charge is 0.492 e. The predicted octanol–water partition coefficient (Wildman–Crippen LogP) is 4.21. The summed E-state index contributed by atoms with van der Waals surface area (Å²) in [4.78, 5) is 2.42. The highest BCUT2D eigenvalue weighted by Gasteiger charge is 2.10. The average Bonchev–Trinajstić information content (AvgIpc) is 2.46. The molecule has 21 heavy (non-hydrogen) atoms. The first-order valence-corrected chi connectivity index (χ1v) is 8.41. The molecule has 1 rings (SSSR count). The van der Waals surface area contributed by atoms with Crippen LogP contribution in [0.1, 0.15) is 32.8 Å². The molecule has 0 unspecified atom stereocenters. The van der Waals surface area contributed by atoms with E-state index >= 15 is 0 Å². The molecule has 0 amide bonds. The van der Waals surface area contributed by atoms with Gasteiger partial charge in [-0.1, -0.05) is 37.0 Å². The number of ether oxygens (including phenoxy) is 1. The minimum atomic E-state index is 0.573. The molecule has 0 spiro atoms. The molecule has 5 heteroatoms. The van der Waals surface area contributed by atoms with E-state index in [2.05, 4.69) is 24.1 Å². The van der Waals surface area contributed by atoms with Gasteiger partial charge in [-0.2, -0.15) is 0 Å². The molecule has 120 valence electrons. The first-order valence-electron chi connectivity index (χ1n) is 7.66. The maximum atomic E-state index is 6.19. The zero-order chi connectivity index (χ0) is 15.7. The van der Waals surface area contributed by atoms with E-state index in [4.69, 9.17) is 27.9 Å². The zero-order valence-corrected chi connectivity index (χ0v) is 14.7. The lowest BCUT2D eigenvalue weighted by atomic mass is 10.2. The smallest absolute Gasteiger partial charge is 0.142 e. The first-order chi connectivity index (χ1) is 10.1. The normalized spacial score (nSPS) is 11.1. The maximum Gasteiger partial charge on any atom is 0.142 e. The molecule has 0 fully saturated rings. The molecule has 0 aliphatic heterocycles. The summed E-state index contributed by atoms with van der Waals surface area (Å²) >= 11 is 12.3. The highest BCUT2D eigenvalue weighted by atomic mass is 35.5. The Kier molecular flexibility index (Phi) is 9.09. The summed E-state index contributed by atoms with van der Waals surface area (Å²) in [5.41, 5.74) is 1.01. The summed E-state index contributed by atoms with van der Waals surface area (Å²) in [6.45, 7) is 11.9. The topological polar surface area (TPSA) is 24.5 Å². The SMILES string of the molecule is CCOc1c(Cl)cc(Cl)cc1CNCCCN(CC)CC. The van der Waals surface area contributed by atoms with Crippen molar-refractivity contribution in [3.8, 4) is 5.75 Å². The molecule has 0 saturated heterocycles. The van der Waals surface area contributed by atoms with Crippen molar-refractivity contribution >= 4 is 23.2 Å². The van der Waals surface area contributed by atoms with E-state index in [9.17, 15) is 0 Å². The Morgan fingerprint density at radius 3 is 2.48 bits per heavy atom. The van der Waals surface area contributed by atoms with Crippen LogP contribution in [0.5, 0.6) is 5.75 Å². The van der Waals surface area contributed by atoms with Crippen LogP contribution in [0.3, 0.4) is 0 Å². The fraction of sp³-hybridized carbons (Fsp3) is 0.625. The molecule has 0 saturated carbocycles. The molecule has 0 aromatic heterocycles. The number of rotatable bonds is 10. The number of benzene rings is 1. The van der Waals surface area contributed by atoms with E-state index < -0.39 is 0 Å². The molecule has 0 atom stereocenters. The summed E-state index contributed by atoms with van der Waals surface area (Å²) in [5, 5.41) is 4.65. The molecule has 0 radical (unpaired) electrons. The Hall–Kier alpha value is -0.480. The van der Waals surface area contributed by atoms with Gasteiger partial charge in [0.05, 0.1) is 11.6 Å². The highest BCUT2D eigenvalue weighted by Crippen LogP contribution is 2.32. The van der Waals surface area contributed by atoms with Crippen LogP contribution in [0.25, 0.3) is 0 Å². The molecule has 0 heterocycles. The number of halogens is 2. The van der Waals surface area contributed by atoms with E-state index in [1.807, 2.05) is 13.0 Å². The number of nitrogens with one attached hydrogen (secondary N) is 1. The van der Waals surface area contributed by atoms with Crippen molar-refractivity contribution in [2.45, 2.75) is 33.7 Å². The van der Waals surface area contributed by atoms with Crippen LogP contribution in [0.2, 0.25) is 10.0 Å². The highest BCUT2D eigenvalue weighted by molar-refractivity contribution is 6.35. The van der Waals surface area contributed by atoms with Gasteiger partial charge >= 0.3 is 0 Å². The third-order valence-corrected chi connectivity index (χ3v) is 3.91. The Morgan fingerprint density at radius 2 is 1.86 bits per heavy atom. The molecule has 0 aliphatic rings. The molecule has 3 nitrogen and oxygen atoms in total. The second-order valence-corrected chi connectivity index (χ2v) is 5.71. The third-order valence-electron chi connectivity index (χ3n) is 3.41. The van der Waals surface area contributed by atoms with E-state index in [0.29, 0.717) is 23.2 Å². The van der Waals surface area contributed by atoms with Crippen LogP contribution in [-0.2, 0) is 6.54 Å². The van der Waals surface area contributed by atoms with Gasteiger partial charge in [0.2, 0.25) is 0 Å². The lowest BCUT2D eigenvalue weighted by Crippen LogP contribution is -2.27. The van der Waals surface area contributed by atoms with Crippen molar-refractivity contribution in [2.75, 3.05) is 32.8 Å². The number of nitrogens with zero attached hydrogens (tertiary/aromatic N) is 1. The minimum absolute atomic E-state index is 0.573. The lowest BCUT2D eigenvalue weighted by Gasteiger charge is -2.18. The number of hydrogen-bond acceptors (Lipinski definition) is 3. The Morgan fingerprint density at radius 1 is 1.14 bits per heavy atom.